The lowest BCUT2D eigenvalue weighted by atomic mass is 10.0. The zero-order chi connectivity index (χ0) is 16.9. The molecule has 0 aliphatic carbocycles. The molecular weight excluding hydrogens is 350 g/mol. The van der Waals surface area contributed by atoms with Gasteiger partial charge in [-0.15, -0.1) is 12.4 Å². The number of rotatable bonds is 4. The zero-order valence-corrected chi connectivity index (χ0v) is 14.3. The molecule has 1 heterocycles. The van der Waals surface area contributed by atoms with Crippen LogP contribution in [-0.2, 0) is 4.79 Å². The molecule has 7 heteroatoms. The lowest BCUT2D eigenvalue weighted by molar-refractivity contribution is -0.136. The van der Waals surface area contributed by atoms with Gasteiger partial charge in [0.15, 0.2) is 6.61 Å². The first kappa shape index (κ1) is 19.1. The van der Waals surface area contributed by atoms with Crippen molar-refractivity contribution in [2.45, 2.75) is 6.04 Å². The van der Waals surface area contributed by atoms with E-state index in [2.05, 4.69) is 5.32 Å². The van der Waals surface area contributed by atoms with Crippen LogP contribution in [0.1, 0.15) is 11.6 Å². The number of hydrogen-bond donors (Lipinski definition) is 1. The Hall–Kier alpha value is -2.18. The summed E-state index contributed by atoms with van der Waals surface area (Å²) >= 11 is 0. The van der Waals surface area contributed by atoms with E-state index in [-0.39, 0.29) is 36.8 Å². The number of carbonyl (C=O) groups is 1. The van der Waals surface area contributed by atoms with Gasteiger partial charge in [0.2, 0.25) is 0 Å². The quantitative estimate of drug-likeness (QED) is 0.902. The van der Waals surface area contributed by atoms with Crippen LogP contribution in [0.3, 0.4) is 0 Å². The normalized spacial score (nSPS) is 16.9. The van der Waals surface area contributed by atoms with E-state index in [0.717, 1.165) is 5.56 Å². The lowest BCUT2D eigenvalue weighted by Crippen LogP contribution is -2.50. The van der Waals surface area contributed by atoms with Gasteiger partial charge in [0.1, 0.15) is 17.4 Å². The molecular formula is C18H19ClF2N2O2. The second kappa shape index (κ2) is 8.78. The number of piperazine rings is 1. The van der Waals surface area contributed by atoms with Gasteiger partial charge in [-0.1, -0.05) is 18.2 Å². The van der Waals surface area contributed by atoms with Crippen LogP contribution in [0.15, 0.2) is 48.5 Å². The number of carbonyl (C=O) groups excluding carboxylic acids is 1. The fourth-order valence-corrected chi connectivity index (χ4v) is 2.80. The van der Waals surface area contributed by atoms with Gasteiger partial charge in [0, 0.05) is 25.7 Å². The molecule has 0 saturated carbocycles. The van der Waals surface area contributed by atoms with Gasteiger partial charge in [-0.2, -0.15) is 0 Å². The van der Waals surface area contributed by atoms with E-state index < -0.39 is 5.82 Å². The van der Waals surface area contributed by atoms with Crippen molar-refractivity contribution in [3.05, 3.63) is 65.7 Å². The Bertz CT molecular complexity index is 730. The number of nitrogens with one attached hydrogen (secondary N) is 1. The van der Waals surface area contributed by atoms with Crippen LogP contribution < -0.4 is 10.1 Å². The summed E-state index contributed by atoms with van der Waals surface area (Å²) in [4.78, 5) is 14.2. The van der Waals surface area contributed by atoms with Crippen LogP contribution in [0.2, 0.25) is 0 Å². The Morgan fingerprint density at radius 1 is 1.16 bits per heavy atom. The van der Waals surface area contributed by atoms with Crippen LogP contribution >= 0.6 is 12.4 Å². The minimum atomic E-state index is -0.417. The fraction of sp³-hybridized carbons (Fsp3) is 0.278. The molecule has 1 saturated heterocycles. The van der Waals surface area contributed by atoms with Crippen molar-refractivity contribution in [3.63, 3.8) is 0 Å². The highest BCUT2D eigenvalue weighted by Crippen LogP contribution is 2.23. The summed E-state index contributed by atoms with van der Waals surface area (Å²) in [5.41, 5.74) is 0.737. The van der Waals surface area contributed by atoms with Crippen molar-refractivity contribution >= 4 is 18.3 Å². The van der Waals surface area contributed by atoms with Crippen molar-refractivity contribution in [2.24, 2.45) is 0 Å². The first-order valence-corrected chi connectivity index (χ1v) is 7.77. The van der Waals surface area contributed by atoms with Gasteiger partial charge in [0.25, 0.3) is 5.91 Å². The molecule has 1 atom stereocenters. The van der Waals surface area contributed by atoms with Gasteiger partial charge in [0.05, 0.1) is 6.04 Å². The molecule has 25 heavy (non-hydrogen) atoms. The largest absolute Gasteiger partial charge is 0.484 e. The second-order valence-electron chi connectivity index (χ2n) is 5.61. The molecule has 0 bridgehead atoms. The maximum absolute atomic E-state index is 13.5. The molecule has 3 rings (SSSR count). The lowest BCUT2D eigenvalue weighted by Gasteiger charge is -2.36. The van der Waals surface area contributed by atoms with E-state index in [9.17, 15) is 13.6 Å². The molecule has 2 aromatic carbocycles. The van der Waals surface area contributed by atoms with E-state index in [1.54, 1.807) is 23.1 Å². The Morgan fingerprint density at radius 2 is 1.88 bits per heavy atom. The molecule has 1 amide bonds. The van der Waals surface area contributed by atoms with E-state index in [1.165, 1.54) is 30.3 Å². The molecule has 4 nitrogen and oxygen atoms in total. The number of hydrogen-bond acceptors (Lipinski definition) is 3. The highest BCUT2D eigenvalue weighted by Gasteiger charge is 2.28. The van der Waals surface area contributed by atoms with Crippen molar-refractivity contribution in [1.29, 1.82) is 0 Å². The van der Waals surface area contributed by atoms with Crippen molar-refractivity contribution in [3.8, 4) is 5.75 Å². The van der Waals surface area contributed by atoms with Crippen LogP contribution in [0, 0.1) is 11.6 Å². The average Bonchev–Trinajstić information content (AvgIpc) is 2.60. The topological polar surface area (TPSA) is 41.6 Å². The van der Waals surface area contributed by atoms with E-state index >= 15 is 0 Å². The fourth-order valence-electron chi connectivity index (χ4n) is 2.80. The summed E-state index contributed by atoms with van der Waals surface area (Å²) in [5, 5.41) is 3.21. The van der Waals surface area contributed by atoms with Gasteiger partial charge in [-0.05, 0) is 29.8 Å². The summed E-state index contributed by atoms with van der Waals surface area (Å²) in [6, 6.07) is 11.6. The number of amides is 1. The summed E-state index contributed by atoms with van der Waals surface area (Å²) in [5.74, 6) is -0.656. The number of benzene rings is 2. The average molecular weight is 369 g/mol. The molecule has 2 aromatic rings. The summed E-state index contributed by atoms with van der Waals surface area (Å²) in [6.07, 6.45) is 0. The molecule has 0 aromatic heterocycles. The molecule has 0 spiro atoms. The number of nitrogens with zero attached hydrogens (tertiary/aromatic N) is 1. The molecule has 1 N–H and O–H groups in total. The Kier molecular flexibility index (Phi) is 6.73. The van der Waals surface area contributed by atoms with Crippen LogP contribution in [0.4, 0.5) is 8.78 Å². The maximum atomic E-state index is 13.5. The van der Waals surface area contributed by atoms with Crippen molar-refractivity contribution in [2.75, 3.05) is 26.2 Å². The van der Waals surface area contributed by atoms with Gasteiger partial charge in [-0.3, -0.25) is 4.79 Å². The first-order chi connectivity index (χ1) is 11.6. The van der Waals surface area contributed by atoms with Crippen LogP contribution in [0.5, 0.6) is 5.75 Å². The van der Waals surface area contributed by atoms with Crippen molar-refractivity contribution in [1.82, 2.24) is 10.2 Å². The standard InChI is InChI=1S/C18H18F2N2O2.ClH/c19-14-4-1-3-13(9-14)17-11-21-7-8-22(17)18(23)12-24-16-6-2-5-15(20)10-16;/h1-6,9-10,17,21H,7-8,11-12H2;1H. The SMILES string of the molecule is Cl.O=C(COc1cccc(F)c1)N1CCNCC1c1cccc(F)c1. The molecule has 1 fully saturated rings. The monoisotopic (exact) mass is 368 g/mol. The maximum Gasteiger partial charge on any atom is 0.261 e. The highest BCUT2D eigenvalue weighted by molar-refractivity contribution is 5.85. The predicted octanol–water partition coefficient (Wildman–Crippen LogP) is 2.94. The predicted molar refractivity (Wildman–Crippen MR) is 92.9 cm³/mol. The second-order valence-corrected chi connectivity index (χ2v) is 5.61. The van der Waals surface area contributed by atoms with E-state index in [0.29, 0.717) is 25.4 Å². The van der Waals surface area contributed by atoms with Gasteiger partial charge in [-0.25, -0.2) is 8.78 Å². The highest BCUT2D eigenvalue weighted by atomic mass is 35.5. The molecule has 1 aliphatic rings. The summed E-state index contributed by atoms with van der Waals surface area (Å²) in [6.45, 7) is 1.54. The van der Waals surface area contributed by atoms with Crippen LogP contribution in [-0.4, -0.2) is 37.0 Å². The molecule has 1 aliphatic heterocycles. The summed E-state index contributed by atoms with van der Waals surface area (Å²) in [7, 11) is 0. The molecule has 1 unspecified atom stereocenters. The Labute approximate surface area is 151 Å². The third-order valence-corrected chi connectivity index (χ3v) is 3.96. The summed E-state index contributed by atoms with van der Waals surface area (Å²) < 4.78 is 32.0. The van der Waals surface area contributed by atoms with Crippen molar-refractivity contribution < 1.29 is 18.3 Å². The zero-order valence-electron chi connectivity index (χ0n) is 13.5. The Balaban J connectivity index is 0.00000225. The molecule has 0 radical (unpaired) electrons. The van der Waals surface area contributed by atoms with Gasteiger partial charge >= 0.3 is 0 Å². The smallest absolute Gasteiger partial charge is 0.261 e. The number of ether oxygens (including phenoxy) is 1. The van der Waals surface area contributed by atoms with E-state index in [1.807, 2.05) is 0 Å². The third-order valence-electron chi connectivity index (χ3n) is 3.96. The first-order valence-electron chi connectivity index (χ1n) is 7.77. The minimum Gasteiger partial charge on any atom is -0.484 e. The minimum absolute atomic E-state index is 0. The Morgan fingerprint density at radius 3 is 2.60 bits per heavy atom. The number of halogens is 3. The van der Waals surface area contributed by atoms with E-state index in [4.69, 9.17) is 4.74 Å². The van der Waals surface area contributed by atoms with Crippen LogP contribution in [0.25, 0.3) is 0 Å². The molecule has 134 valence electrons. The third kappa shape index (κ3) is 4.90. The van der Waals surface area contributed by atoms with Gasteiger partial charge < -0.3 is 15.0 Å².